The lowest BCUT2D eigenvalue weighted by molar-refractivity contribution is -0.145. The van der Waals surface area contributed by atoms with Crippen LogP contribution in [0.15, 0.2) is 36.4 Å². The normalized spacial score (nSPS) is 15.5. The Morgan fingerprint density at radius 2 is 1.42 bits per heavy atom. The van der Waals surface area contributed by atoms with Gasteiger partial charge in [-0.2, -0.15) is 13.2 Å². The molecule has 2 aromatic rings. The van der Waals surface area contributed by atoms with Gasteiger partial charge in [-0.15, -0.1) is 0 Å². The van der Waals surface area contributed by atoms with Gasteiger partial charge >= 0.3 is 12.1 Å². The van der Waals surface area contributed by atoms with Crippen molar-refractivity contribution in [3.05, 3.63) is 64.2 Å². The average molecular weight is 465 g/mol. The fraction of sp³-hybridized carbons (Fsp3) is 0.480. The van der Waals surface area contributed by atoms with E-state index in [-0.39, 0.29) is 12.6 Å². The average Bonchev–Trinajstić information content (AvgIpc) is 2.74. The Kier molecular flexibility index (Phi) is 8.37. The number of halogens is 3. The van der Waals surface area contributed by atoms with Crippen LogP contribution in [-0.2, 0) is 28.8 Å². The van der Waals surface area contributed by atoms with Crippen LogP contribution in [0.25, 0.3) is 0 Å². The molecule has 0 aliphatic carbocycles. The van der Waals surface area contributed by atoms with Crippen LogP contribution in [0.3, 0.4) is 0 Å². The first kappa shape index (κ1) is 25.1. The summed E-state index contributed by atoms with van der Waals surface area (Å²) in [5.41, 5.74) is 3.43. The lowest BCUT2D eigenvalue weighted by Gasteiger charge is -2.35. The minimum absolute atomic E-state index is 0.101. The summed E-state index contributed by atoms with van der Waals surface area (Å²) in [5, 5.41) is 0. The molecule has 0 spiro atoms. The highest BCUT2D eigenvalue weighted by molar-refractivity contribution is 5.71. The van der Waals surface area contributed by atoms with Gasteiger partial charge in [0.25, 0.3) is 0 Å². The first-order valence-electron chi connectivity index (χ1n) is 11.1. The van der Waals surface area contributed by atoms with Gasteiger partial charge in [-0.25, -0.2) is 4.79 Å². The number of carbonyl (C=O) groups excluding carboxylic acids is 1. The highest BCUT2D eigenvalue weighted by Gasteiger charge is 2.30. The second-order valence-corrected chi connectivity index (χ2v) is 8.40. The van der Waals surface area contributed by atoms with Gasteiger partial charge in [0.2, 0.25) is 0 Å². The van der Waals surface area contributed by atoms with E-state index >= 15 is 0 Å². The molecular weight excluding hydrogens is 433 g/mol. The van der Waals surface area contributed by atoms with Crippen molar-refractivity contribution in [1.29, 1.82) is 0 Å². The van der Waals surface area contributed by atoms with Crippen LogP contribution < -0.4 is 4.74 Å². The maximum atomic E-state index is 12.7. The molecule has 1 fully saturated rings. The molecule has 33 heavy (non-hydrogen) atoms. The molecule has 3 rings (SSSR count). The molecule has 5 nitrogen and oxygen atoms in total. The zero-order valence-corrected chi connectivity index (χ0v) is 19.4. The van der Waals surface area contributed by atoms with E-state index in [0.717, 1.165) is 61.5 Å². The SMILES string of the molecule is CCOC(=O)COc1c(C)cc(CN2CCN(Cc3ccc(C(F)(F)F)cc3)CC2)cc1C. The molecule has 1 aliphatic heterocycles. The highest BCUT2D eigenvalue weighted by atomic mass is 19.4. The van der Waals surface area contributed by atoms with Crippen LogP contribution in [-0.4, -0.2) is 55.2 Å². The number of esters is 1. The number of rotatable bonds is 8. The third-order valence-corrected chi connectivity index (χ3v) is 5.72. The monoisotopic (exact) mass is 464 g/mol. The number of alkyl halides is 3. The van der Waals surface area contributed by atoms with Crippen molar-refractivity contribution in [3.8, 4) is 5.75 Å². The first-order chi connectivity index (χ1) is 15.7. The van der Waals surface area contributed by atoms with Crippen LogP contribution in [0, 0.1) is 13.8 Å². The molecule has 0 unspecified atom stereocenters. The molecule has 0 saturated carbocycles. The van der Waals surface area contributed by atoms with Gasteiger partial charge in [0.1, 0.15) is 5.75 Å². The van der Waals surface area contributed by atoms with Crippen molar-refractivity contribution in [2.45, 2.75) is 40.0 Å². The zero-order valence-electron chi connectivity index (χ0n) is 19.4. The molecule has 0 aromatic heterocycles. The topological polar surface area (TPSA) is 42.0 Å². The third-order valence-electron chi connectivity index (χ3n) is 5.72. The summed E-state index contributed by atoms with van der Waals surface area (Å²) in [6.07, 6.45) is -4.30. The Bertz CT molecular complexity index is 914. The fourth-order valence-corrected chi connectivity index (χ4v) is 4.11. The number of ether oxygens (including phenoxy) is 2. The van der Waals surface area contributed by atoms with Crippen LogP contribution in [0.4, 0.5) is 13.2 Å². The summed E-state index contributed by atoms with van der Waals surface area (Å²) in [6.45, 7) is 10.9. The predicted molar refractivity (Wildman–Crippen MR) is 120 cm³/mol. The number of piperazine rings is 1. The van der Waals surface area contributed by atoms with Crippen molar-refractivity contribution >= 4 is 5.97 Å². The van der Waals surface area contributed by atoms with E-state index in [9.17, 15) is 18.0 Å². The zero-order chi connectivity index (χ0) is 24.0. The van der Waals surface area contributed by atoms with E-state index in [1.165, 1.54) is 5.56 Å². The molecule has 1 aliphatic rings. The second kappa shape index (κ2) is 11.0. The van der Waals surface area contributed by atoms with Crippen molar-refractivity contribution in [2.75, 3.05) is 39.4 Å². The van der Waals surface area contributed by atoms with Crippen molar-refractivity contribution in [3.63, 3.8) is 0 Å². The fourth-order valence-electron chi connectivity index (χ4n) is 4.11. The van der Waals surface area contributed by atoms with Gasteiger partial charge in [0.05, 0.1) is 12.2 Å². The van der Waals surface area contributed by atoms with E-state index in [4.69, 9.17) is 9.47 Å². The summed E-state index contributed by atoms with van der Waals surface area (Å²) < 4.78 is 48.8. The van der Waals surface area contributed by atoms with E-state index in [2.05, 4.69) is 21.9 Å². The lowest BCUT2D eigenvalue weighted by Crippen LogP contribution is -2.45. The lowest BCUT2D eigenvalue weighted by atomic mass is 10.0. The Morgan fingerprint density at radius 3 is 1.91 bits per heavy atom. The highest BCUT2D eigenvalue weighted by Crippen LogP contribution is 2.29. The maximum Gasteiger partial charge on any atom is 0.416 e. The third kappa shape index (κ3) is 7.20. The molecular formula is C25H31F3N2O3. The Hall–Kier alpha value is -2.58. The van der Waals surface area contributed by atoms with E-state index < -0.39 is 11.7 Å². The number of hydrogen-bond donors (Lipinski definition) is 0. The van der Waals surface area contributed by atoms with Crippen LogP contribution in [0.2, 0.25) is 0 Å². The molecule has 0 bridgehead atoms. The van der Waals surface area contributed by atoms with Crippen molar-refractivity contribution < 1.29 is 27.4 Å². The molecule has 0 radical (unpaired) electrons. The van der Waals surface area contributed by atoms with Crippen molar-refractivity contribution in [1.82, 2.24) is 9.80 Å². The molecule has 1 saturated heterocycles. The molecule has 180 valence electrons. The number of aryl methyl sites for hydroxylation is 2. The second-order valence-electron chi connectivity index (χ2n) is 8.40. The Balaban J connectivity index is 1.50. The molecule has 1 heterocycles. The molecule has 0 N–H and O–H groups in total. The molecule has 2 aromatic carbocycles. The van der Waals surface area contributed by atoms with Gasteiger partial charge in [-0.05, 0) is 55.2 Å². The molecule has 8 heteroatoms. The van der Waals surface area contributed by atoms with Gasteiger partial charge < -0.3 is 9.47 Å². The minimum atomic E-state index is -4.30. The van der Waals surface area contributed by atoms with E-state index in [1.807, 2.05) is 13.8 Å². The van der Waals surface area contributed by atoms with Gasteiger partial charge in [-0.1, -0.05) is 24.3 Å². The van der Waals surface area contributed by atoms with Crippen LogP contribution >= 0.6 is 0 Å². The van der Waals surface area contributed by atoms with Crippen LogP contribution in [0.5, 0.6) is 5.75 Å². The van der Waals surface area contributed by atoms with Crippen molar-refractivity contribution in [2.24, 2.45) is 0 Å². The number of carbonyl (C=O) groups is 1. The van der Waals surface area contributed by atoms with Gasteiger partial charge in [0.15, 0.2) is 6.61 Å². The van der Waals surface area contributed by atoms with E-state index in [1.54, 1.807) is 19.1 Å². The quantitative estimate of drug-likeness (QED) is 0.535. The summed E-state index contributed by atoms with van der Waals surface area (Å²) >= 11 is 0. The molecule has 0 atom stereocenters. The van der Waals surface area contributed by atoms with Gasteiger partial charge in [-0.3, -0.25) is 9.80 Å². The largest absolute Gasteiger partial charge is 0.481 e. The Labute approximate surface area is 193 Å². The number of hydrogen-bond acceptors (Lipinski definition) is 5. The number of nitrogens with zero attached hydrogens (tertiary/aromatic N) is 2. The number of benzene rings is 2. The first-order valence-corrected chi connectivity index (χ1v) is 11.1. The molecule has 0 amide bonds. The smallest absolute Gasteiger partial charge is 0.416 e. The standard InChI is InChI=1S/C25H31F3N2O3/c1-4-32-23(31)17-33-24-18(2)13-21(14-19(24)3)16-30-11-9-29(10-12-30)15-20-5-7-22(8-6-20)25(26,27)28/h5-8,13-14H,4,9-12,15-17H2,1-3H3. The summed E-state index contributed by atoms with van der Waals surface area (Å²) in [7, 11) is 0. The van der Waals surface area contributed by atoms with Gasteiger partial charge in [0, 0.05) is 39.3 Å². The van der Waals surface area contributed by atoms with Crippen LogP contribution in [0.1, 0.15) is 34.7 Å². The van der Waals surface area contributed by atoms with E-state index in [0.29, 0.717) is 18.9 Å². The summed E-state index contributed by atoms with van der Waals surface area (Å²) in [4.78, 5) is 16.2. The summed E-state index contributed by atoms with van der Waals surface area (Å²) in [6, 6.07) is 9.59. The predicted octanol–water partition coefficient (Wildman–Crippen LogP) is 4.58. The summed E-state index contributed by atoms with van der Waals surface area (Å²) in [5.74, 6) is 0.336. The maximum absolute atomic E-state index is 12.7. The minimum Gasteiger partial charge on any atom is -0.481 e. The Morgan fingerprint density at radius 1 is 0.909 bits per heavy atom.